The van der Waals surface area contributed by atoms with E-state index in [1.165, 1.54) is 5.56 Å². The van der Waals surface area contributed by atoms with E-state index in [2.05, 4.69) is 22.1 Å². The van der Waals surface area contributed by atoms with Crippen LogP contribution in [0.15, 0.2) is 61.3 Å². The summed E-state index contributed by atoms with van der Waals surface area (Å²) in [4.78, 5) is 23.2. The highest BCUT2D eigenvalue weighted by molar-refractivity contribution is 5.95. The number of likely N-dealkylation sites (tertiary alicyclic amines) is 1. The summed E-state index contributed by atoms with van der Waals surface area (Å²) < 4.78 is 1.96. The average Bonchev–Trinajstić information content (AvgIpc) is 3.14. The molecule has 0 N–H and O–H groups in total. The zero-order valence-electron chi connectivity index (χ0n) is 14.9. The molecule has 1 aliphatic heterocycles. The van der Waals surface area contributed by atoms with Crippen molar-refractivity contribution in [2.45, 2.75) is 18.8 Å². The van der Waals surface area contributed by atoms with Crippen LogP contribution in [0.2, 0.25) is 0 Å². The molecule has 3 heterocycles. The molecular formula is C21H22N4O. The van der Waals surface area contributed by atoms with Gasteiger partial charge >= 0.3 is 0 Å². The van der Waals surface area contributed by atoms with Crippen molar-refractivity contribution >= 4 is 5.91 Å². The smallest absolute Gasteiger partial charge is 0.253 e. The van der Waals surface area contributed by atoms with Crippen LogP contribution in [-0.2, 0) is 7.05 Å². The molecule has 1 saturated heterocycles. The van der Waals surface area contributed by atoms with Gasteiger partial charge in [0.15, 0.2) is 0 Å². The Morgan fingerprint density at radius 1 is 1.08 bits per heavy atom. The summed E-state index contributed by atoms with van der Waals surface area (Å²) in [5.74, 6) is 0.630. The lowest BCUT2D eigenvalue weighted by Crippen LogP contribution is -2.37. The van der Waals surface area contributed by atoms with Crippen molar-refractivity contribution in [3.8, 4) is 11.3 Å². The summed E-state index contributed by atoms with van der Waals surface area (Å²) in [6.45, 7) is 1.59. The van der Waals surface area contributed by atoms with Crippen molar-refractivity contribution in [3.05, 3.63) is 72.4 Å². The molecule has 0 saturated carbocycles. The summed E-state index contributed by atoms with van der Waals surface area (Å²) in [6, 6.07) is 12.0. The minimum atomic E-state index is 0.113. The molecule has 2 aromatic heterocycles. The number of rotatable bonds is 3. The van der Waals surface area contributed by atoms with Crippen molar-refractivity contribution in [1.82, 2.24) is 19.4 Å². The normalized spacial score (nSPS) is 15.2. The third-order valence-electron chi connectivity index (χ3n) is 5.18. The number of hydrogen-bond donors (Lipinski definition) is 0. The Balaban J connectivity index is 1.47. The van der Waals surface area contributed by atoms with Crippen LogP contribution in [0.25, 0.3) is 11.3 Å². The number of nitrogens with zero attached hydrogens (tertiary/aromatic N) is 4. The lowest BCUT2D eigenvalue weighted by atomic mass is 9.90. The van der Waals surface area contributed by atoms with E-state index in [0.29, 0.717) is 5.92 Å². The van der Waals surface area contributed by atoms with E-state index in [1.807, 2.05) is 59.4 Å². The fourth-order valence-electron chi connectivity index (χ4n) is 3.68. The number of imidazole rings is 1. The van der Waals surface area contributed by atoms with Crippen molar-refractivity contribution in [1.29, 1.82) is 0 Å². The van der Waals surface area contributed by atoms with Crippen LogP contribution < -0.4 is 0 Å². The molecule has 1 amide bonds. The largest absolute Gasteiger partial charge is 0.339 e. The minimum absolute atomic E-state index is 0.113. The van der Waals surface area contributed by atoms with Gasteiger partial charge in [0.05, 0.1) is 18.2 Å². The van der Waals surface area contributed by atoms with Gasteiger partial charge in [0, 0.05) is 43.7 Å². The van der Waals surface area contributed by atoms with Gasteiger partial charge in [-0.1, -0.05) is 12.1 Å². The summed E-state index contributed by atoms with van der Waals surface area (Å²) in [5.41, 5.74) is 4.09. The molecule has 5 nitrogen and oxygen atoms in total. The van der Waals surface area contributed by atoms with Gasteiger partial charge in [-0.25, -0.2) is 4.98 Å². The highest BCUT2D eigenvalue weighted by Gasteiger charge is 2.24. The van der Waals surface area contributed by atoms with E-state index in [9.17, 15) is 4.79 Å². The second kappa shape index (κ2) is 7.12. The van der Waals surface area contributed by atoms with E-state index >= 15 is 0 Å². The topological polar surface area (TPSA) is 51.0 Å². The maximum Gasteiger partial charge on any atom is 0.253 e. The van der Waals surface area contributed by atoms with Crippen LogP contribution in [-0.4, -0.2) is 38.4 Å². The lowest BCUT2D eigenvalue weighted by molar-refractivity contribution is 0.0713. The van der Waals surface area contributed by atoms with E-state index in [4.69, 9.17) is 0 Å². The molecule has 0 spiro atoms. The Labute approximate surface area is 153 Å². The Hall–Kier alpha value is -2.95. The lowest BCUT2D eigenvalue weighted by Gasteiger charge is -2.32. The minimum Gasteiger partial charge on any atom is -0.339 e. The Kier molecular flexibility index (Phi) is 4.52. The van der Waals surface area contributed by atoms with Crippen LogP contribution in [0.1, 0.15) is 34.7 Å². The number of amides is 1. The predicted octanol–water partition coefficient (Wildman–Crippen LogP) is 3.50. The van der Waals surface area contributed by atoms with Crippen LogP contribution in [0.5, 0.6) is 0 Å². The van der Waals surface area contributed by atoms with E-state index in [-0.39, 0.29) is 5.91 Å². The highest BCUT2D eigenvalue weighted by atomic mass is 16.2. The fraction of sp³-hybridized carbons (Fsp3) is 0.286. The van der Waals surface area contributed by atoms with E-state index in [0.717, 1.165) is 42.8 Å². The number of benzene rings is 1. The average molecular weight is 346 g/mol. The number of carbonyl (C=O) groups excluding carboxylic acids is 1. The third kappa shape index (κ3) is 3.25. The molecule has 132 valence electrons. The van der Waals surface area contributed by atoms with Gasteiger partial charge in [-0.3, -0.25) is 9.78 Å². The summed E-state index contributed by atoms with van der Waals surface area (Å²) in [6.07, 6.45) is 9.28. The first kappa shape index (κ1) is 16.5. The van der Waals surface area contributed by atoms with Crippen molar-refractivity contribution in [2.24, 2.45) is 7.05 Å². The summed E-state index contributed by atoms with van der Waals surface area (Å²) >= 11 is 0. The first-order chi connectivity index (χ1) is 12.7. The van der Waals surface area contributed by atoms with Crippen molar-refractivity contribution in [2.75, 3.05) is 13.1 Å². The van der Waals surface area contributed by atoms with Crippen LogP contribution in [0.3, 0.4) is 0 Å². The predicted molar refractivity (Wildman–Crippen MR) is 101 cm³/mol. The zero-order valence-corrected chi connectivity index (χ0v) is 14.9. The van der Waals surface area contributed by atoms with Gasteiger partial charge in [-0.2, -0.15) is 0 Å². The molecular weight excluding hydrogens is 324 g/mol. The zero-order chi connectivity index (χ0) is 17.9. The van der Waals surface area contributed by atoms with Crippen molar-refractivity contribution < 1.29 is 4.79 Å². The third-order valence-corrected chi connectivity index (χ3v) is 5.18. The van der Waals surface area contributed by atoms with Gasteiger partial charge in [0.2, 0.25) is 0 Å². The second-order valence-corrected chi connectivity index (χ2v) is 6.82. The fourth-order valence-corrected chi connectivity index (χ4v) is 3.68. The summed E-state index contributed by atoms with van der Waals surface area (Å²) in [5, 5.41) is 0. The maximum atomic E-state index is 12.9. The summed E-state index contributed by atoms with van der Waals surface area (Å²) in [7, 11) is 1.96. The molecule has 1 aliphatic rings. The van der Waals surface area contributed by atoms with Crippen LogP contribution in [0.4, 0.5) is 0 Å². The molecule has 0 atom stereocenters. The Morgan fingerprint density at radius 3 is 2.54 bits per heavy atom. The SMILES string of the molecule is Cn1cncc1-c1cccc(C(=O)N2CCC(c3ccncc3)CC2)c1. The van der Waals surface area contributed by atoms with Crippen LogP contribution in [0, 0.1) is 0 Å². The van der Waals surface area contributed by atoms with Crippen LogP contribution >= 0.6 is 0 Å². The maximum absolute atomic E-state index is 12.9. The molecule has 3 aromatic rings. The standard InChI is InChI=1S/C21H22N4O/c1-24-15-23-14-20(24)18-3-2-4-19(13-18)21(26)25-11-7-17(8-12-25)16-5-9-22-10-6-16/h2-6,9-10,13-15,17H,7-8,11-12H2,1H3. The monoisotopic (exact) mass is 346 g/mol. The quantitative estimate of drug-likeness (QED) is 0.729. The first-order valence-electron chi connectivity index (χ1n) is 8.98. The highest BCUT2D eigenvalue weighted by Crippen LogP contribution is 2.28. The van der Waals surface area contributed by atoms with Gasteiger partial charge in [-0.15, -0.1) is 0 Å². The molecule has 0 bridgehead atoms. The van der Waals surface area contributed by atoms with E-state index in [1.54, 1.807) is 6.33 Å². The van der Waals surface area contributed by atoms with Crippen molar-refractivity contribution in [3.63, 3.8) is 0 Å². The van der Waals surface area contributed by atoms with Gasteiger partial charge in [-0.05, 0) is 48.6 Å². The number of aryl methyl sites for hydroxylation is 1. The van der Waals surface area contributed by atoms with Gasteiger partial charge < -0.3 is 9.47 Å². The van der Waals surface area contributed by atoms with Gasteiger partial charge in [0.25, 0.3) is 5.91 Å². The molecule has 0 aliphatic carbocycles. The molecule has 26 heavy (non-hydrogen) atoms. The Bertz CT molecular complexity index is 895. The number of hydrogen-bond acceptors (Lipinski definition) is 3. The first-order valence-corrected chi connectivity index (χ1v) is 8.98. The number of pyridine rings is 1. The molecule has 0 unspecified atom stereocenters. The molecule has 0 radical (unpaired) electrons. The molecule has 5 heteroatoms. The molecule has 4 rings (SSSR count). The second-order valence-electron chi connectivity index (χ2n) is 6.82. The number of piperidine rings is 1. The number of carbonyl (C=O) groups is 1. The number of aromatic nitrogens is 3. The Morgan fingerprint density at radius 2 is 1.85 bits per heavy atom. The van der Waals surface area contributed by atoms with Gasteiger partial charge in [0.1, 0.15) is 0 Å². The molecule has 1 fully saturated rings. The van der Waals surface area contributed by atoms with E-state index < -0.39 is 0 Å². The molecule has 1 aromatic carbocycles.